The highest BCUT2D eigenvalue weighted by Crippen LogP contribution is 2.34. The topological polar surface area (TPSA) is 42.0 Å². The summed E-state index contributed by atoms with van der Waals surface area (Å²) in [7, 11) is 0. The van der Waals surface area contributed by atoms with Crippen LogP contribution in [0.15, 0.2) is 66.0 Å². The Morgan fingerprint density at radius 3 is 2.43 bits per heavy atom. The smallest absolute Gasteiger partial charge is 0.258 e. The van der Waals surface area contributed by atoms with Gasteiger partial charge in [0.1, 0.15) is 5.01 Å². The molecule has 0 saturated carbocycles. The first-order chi connectivity index (χ1) is 14.4. The zero-order valence-corrected chi connectivity index (χ0v) is 19.0. The minimum absolute atomic E-state index is 0.113. The Kier molecular flexibility index (Phi) is 6.32. The van der Waals surface area contributed by atoms with E-state index in [0.29, 0.717) is 10.7 Å². The molecule has 4 rings (SSSR count). The van der Waals surface area contributed by atoms with Crippen LogP contribution in [0.3, 0.4) is 0 Å². The minimum Gasteiger partial charge on any atom is -0.322 e. The zero-order chi connectivity index (χ0) is 21.3. The van der Waals surface area contributed by atoms with Gasteiger partial charge in [0.15, 0.2) is 0 Å². The molecule has 0 radical (unpaired) electrons. The number of hydrogen-bond acceptors (Lipinski definition) is 3. The van der Waals surface area contributed by atoms with Crippen molar-refractivity contribution >= 4 is 69.3 Å². The first-order valence-corrected chi connectivity index (χ1v) is 11.1. The number of rotatable bonds is 4. The summed E-state index contributed by atoms with van der Waals surface area (Å²) in [5.74, 6) is -0.445. The van der Waals surface area contributed by atoms with E-state index in [2.05, 4.69) is 5.32 Å². The maximum atomic E-state index is 12.7. The zero-order valence-electron chi connectivity index (χ0n) is 15.1. The lowest BCUT2D eigenvalue weighted by molar-refractivity contribution is 0.102. The van der Waals surface area contributed by atoms with Crippen molar-refractivity contribution in [1.29, 1.82) is 0 Å². The Hall–Kier alpha value is -2.08. The number of hydrogen-bond donors (Lipinski definition) is 1. The molecule has 0 spiro atoms. The fraction of sp³-hybridized carbons (Fsp3) is 0. The van der Waals surface area contributed by atoms with Crippen LogP contribution in [0, 0.1) is 0 Å². The SMILES string of the molecule is O=C(Nc1cccc(-c2csc(-c3ccccc3Cl)n2)c1)c1c(Cl)ccc(Cl)c1Cl. The monoisotopic (exact) mass is 492 g/mol. The van der Waals surface area contributed by atoms with Crippen LogP contribution in [0.5, 0.6) is 0 Å². The molecule has 1 heterocycles. The summed E-state index contributed by atoms with van der Waals surface area (Å²) in [5.41, 5.74) is 3.23. The Labute approximate surface area is 197 Å². The average Bonchev–Trinajstić information content (AvgIpc) is 3.22. The van der Waals surface area contributed by atoms with Gasteiger partial charge >= 0.3 is 0 Å². The van der Waals surface area contributed by atoms with Crippen molar-refractivity contribution in [2.75, 3.05) is 5.32 Å². The van der Waals surface area contributed by atoms with Crippen molar-refractivity contribution in [3.63, 3.8) is 0 Å². The average molecular weight is 494 g/mol. The van der Waals surface area contributed by atoms with Gasteiger partial charge in [-0.25, -0.2) is 4.98 Å². The first-order valence-electron chi connectivity index (χ1n) is 8.70. The molecule has 30 heavy (non-hydrogen) atoms. The number of anilines is 1. The predicted molar refractivity (Wildman–Crippen MR) is 127 cm³/mol. The van der Waals surface area contributed by atoms with Gasteiger partial charge in [-0.1, -0.05) is 76.7 Å². The molecule has 0 saturated heterocycles. The van der Waals surface area contributed by atoms with Crippen LogP contribution in [0.4, 0.5) is 5.69 Å². The van der Waals surface area contributed by atoms with E-state index in [4.69, 9.17) is 51.4 Å². The van der Waals surface area contributed by atoms with Crippen molar-refractivity contribution in [2.45, 2.75) is 0 Å². The van der Waals surface area contributed by atoms with Crippen molar-refractivity contribution in [1.82, 2.24) is 4.98 Å². The van der Waals surface area contributed by atoms with Crippen molar-refractivity contribution < 1.29 is 4.79 Å². The first kappa shape index (κ1) is 21.2. The summed E-state index contributed by atoms with van der Waals surface area (Å²) in [6.45, 7) is 0. The van der Waals surface area contributed by atoms with Gasteiger partial charge in [-0.15, -0.1) is 11.3 Å². The highest BCUT2D eigenvalue weighted by Gasteiger charge is 2.18. The van der Waals surface area contributed by atoms with Crippen molar-refractivity contribution in [3.8, 4) is 21.8 Å². The molecule has 1 aromatic heterocycles. The van der Waals surface area contributed by atoms with Gasteiger partial charge in [0.25, 0.3) is 5.91 Å². The van der Waals surface area contributed by atoms with Crippen LogP contribution in [0.25, 0.3) is 21.8 Å². The van der Waals surface area contributed by atoms with Gasteiger partial charge in [-0.05, 0) is 30.3 Å². The maximum Gasteiger partial charge on any atom is 0.258 e. The minimum atomic E-state index is -0.445. The molecule has 0 unspecified atom stereocenters. The molecular weight excluding hydrogens is 482 g/mol. The van der Waals surface area contributed by atoms with Crippen LogP contribution in [0.2, 0.25) is 20.1 Å². The normalized spacial score (nSPS) is 10.8. The third-order valence-corrected chi connectivity index (χ3v) is 6.62. The van der Waals surface area contributed by atoms with Crippen LogP contribution < -0.4 is 5.32 Å². The molecule has 4 aromatic rings. The molecule has 8 heteroatoms. The summed E-state index contributed by atoms with van der Waals surface area (Å²) in [5, 5.41) is 6.83. The molecule has 0 fully saturated rings. The molecule has 3 nitrogen and oxygen atoms in total. The standard InChI is InChI=1S/C22H12Cl4N2OS/c23-15-7-2-1-6-14(15)22-28-18(11-30-22)12-4-3-5-13(10-12)27-21(29)19-16(24)8-9-17(25)20(19)26/h1-11H,(H,27,29). The number of nitrogens with one attached hydrogen (secondary N) is 1. The molecule has 0 aliphatic carbocycles. The number of thiazole rings is 1. The Morgan fingerprint density at radius 1 is 0.867 bits per heavy atom. The van der Waals surface area contributed by atoms with E-state index in [0.717, 1.165) is 21.8 Å². The van der Waals surface area contributed by atoms with E-state index < -0.39 is 5.91 Å². The van der Waals surface area contributed by atoms with Crippen molar-refractivity contribution in [3.05, 3.63) is 91.7 Å². The molecular formula is C22H12Cl4N2OS. The predicted octanol–water partition coefficient (Wildman–Crippen LogP) is 8.34. The molecule has 1 amide bonds. The third kappa shape index (κ3) is 4.34. The third-order valence-electron chi connectivity index (χ3n) is 4.30. The molecule has 0 bridgehead atoms. The second-order valence-corrected chi connectivity index (χ2v) is 8.73. The maximum absolute atomic E-state index is 12.7. The summed E-state index contributed by atoms with van der Waals surface area (Å²) in [6.07, 6.45) is 0. The lowest BCUT2D eigenvalue weighted by Crippen LogP contribution is -2.13. The molecule has 0 atom stereocenters. The molecule has 0 aliphatic heterocycles. The van der Waals surface area contributed by atoms with E-state index in [-0.39, 0.29) is 20.6 Å². The number of aromatic nitrogens is 1. The van der Waals surface area contributed by atoms with Gasteiger partial charge in [-0.2, -0.15) is 0 Å². The van der Waals surface area contributed by atoms with E-state index in [9.17, 15) is 4.79 Å². The van der Waals surface area contributed by atoms with E-state index in [1.54, 1.807) is 12.1 Å². The lowest BCUT2D eigenvalue weighted by atomic mass is 10.1. The Balaban J connectivity index is 1.61. The fourth-order valence-electron chi connectivity index (χ4n) is 2.85. The van der Waals surface area contributed by atoms with Gasteiger partial charge in [0.05, 0.1) is 31.3 Å². The molecule has 3 aromatic carbocycles. The highest BCUT2D eigenvalue weighted by atomic mass is 35.5. The van der Waals surface area contributed by atoms with Crippen LogP contribution in [-0.4, -0.2) is 10.9 Å². The quantitative estimate of drug-likeness (QED) is 0.290. The Bertz CT molecular complexity index is 1260. The van der Waals surface area contributed by atoms with Crippen LogP contribution in [0.1, 0.15) is 10.4 Å². The largest absolute Gasteiger partial charge is 0.322 e. The highest BCUT2D eigenvalue weighted by molar-refractivity contribution is 7.13. The summed E-state index contributed by atoms with van der Waals surface area (Å²) >= 11 is 26.1. The number of carbonyl (C=O) groups is 1. The molecule has 150 valence electrons. The van der Waals surface area contributed by atoms with Crippen molar-refractivity contribution in [2.24, 2.45) is 0 Å². The van der Waals surface area contributed by atoms with Crippen LogP contribution in [-0.2, 0) is 0 Å². The Morgan fingerprint density at radius 2 is 1.63 bits per heavy atom. The number of carbonyl (C=O) groups excluding carboxylic acids is 1. The number of benzene rings is 3. The van der Waals surface area contributed by atoms with E-state index >= 15 is 0 Å². The summed E-state index contributed by atoms with van der Waals surface area (Å²) in [4.78, 5) is 17.4. The number of amides is 1. The lowest BCUT2D eigenvalue weighted by Gasteiger charge is -2.10. The molecule has 1 N–H and O–H groups in total. The van der Waals surface area contributed by atoms with Crippen LogP contribution >= 0.6 is 57.7 Å². The summed E-state index contributed by atoms with van der Waals surface area (Å²) in [6, 6.07) is 18.0. The van der Waals surface area contributed by atoms with Gasteiger partial charge in [0.2, 0.25) is 0 Å². The molecule has 0 aliphatic rings. The van der Waals surface area contributed by atoms with E-state index in [1.165, 1.54) is 17.4 Å². The van der Waals surface area contributed by atoms with Gasteiger partial charge in [-0.3, -0.25) is 4.79 Å². The number of nitrogens with zero attached hydrogens (tertiary/aromatic N) is 1. The van der Waals surface area contributed by atoms with Gasteiger partial charge < -0.3 is 5.32 Å². The summed E-state index contributed by atoms with van der Waals surface area (Å²) < 4.78 is 0. The second-order valence-electron chi connectivity index (χ2n) is 6.27. The fourth-order valence-corrected chi connectivity index (χ4v) is 4.70. The number of halogens is 4. The van der Waals surface area contributed by atoms with E-state index in [1.807, 2.05) is 47.8 Å². The second kappa shape index (κ2) is 8.96. The van der Waals surface area contributed by atoms with Gasteiger partial charge in [0, 0.05) is 22.2 Å².